The summed E-state index contributed by atoms with van der Waals surface area (Å²) >= 11 is 0. The Morgan fingerprint density at radius 1 is 1.11 bits per heavy atom. The highest BCUT2D eigenvalue weighted by Crippen LogP contribution is 2.25. The van der Waals surface area contributed by atoms with Crippen molar-refractivity contribution in [2.24, 2.45) is 0 Å². The fourth-order valence-corrected chi connectivity index (χ4v) is 3.01. The number of hydrogen-bond donors (Lipinski definition) is 1. The number of hydrogen-bond acceptors (Lipinski definition) is 2. The molecular weight excluding hydrogens is 267 g/mol. The molecule has 2 unspecified atom stereocenters. The van der Waals surface area contributed by atoms with Crippen LogP contribution in [0.2, 0.25) is 0 Å². The van der Waals surface area contributed by atoms with E-state index in [4.69, 9.17) is 0 Å². The highest BCUT2D eigenvalue weighted by atomic mass is 32.2. The maximum absolute atomic E-state index is 13.1. The van der Waals surface area contributed by atoms with Crippen molar-refractivity contribution in [1.82, 2.24) is 0 Å². The van der Waals surface area contributed by atoms with Gasteiger partial charge in [-0.15, -0.1) is 0 Å². The molecule has 2 aromatic rings. The van der Waals surface area contributed by atoms with Gasteiger partial charge >= 0.3 is 5.97 Å². The minimum Gasteiger partial charge on any atom is -0.480 e. The topological polar surface area (TPSA) is 54.4 Å². The smallest absolute Gasteiger partial charge is 0.324 e. The van der Waals surface area contributed by atoms with Crippen molar-refractivity contribution in [2.45, 2.75) is 10.1 Å². The van der Waals surface area contributed by atoms with Crippen LogP contribution in [0.5, 0.6) is 0 Å². The van der Waals surface area contributed by atoms with Crippen LogP contribution in [0, 0.1) is 5.82 Å². The van der Waals surface area contributed by atoms with Crippen molar-refractivity contribution in [3.8, 4) is 0 Å². The molecule has 0 aromatic heterocycles. The summed E-state index contributed by atoms with van der Waals surface area (Å²) < 4.78 is 25.4. The Labute approximate surface area is 112 Å². The molecule has 0 bridgehead atoms. The van der Waals surface area contributed by atoms with Crippen molar-refractivity contribution < 1.29 is 18.5 Å². The maximum Gasteiger partial charge on any atom is 0.324 e. The van der Waals surface area contributed by atoms with Crippen LogP contribution < -0.4 is 0 Å². The summed E-state index contributed by atoms with van der Waals surface area (Å²) in [5, 5.41) is 8.04. The zero-order chi connectivity index (χ0) is 13.8. The summed E-state index contributed by atoms with van der Waals surface area (Å²) in [7, 11) is -1.85. The normalized spacial score (nSPS) is 13.7. The number of aliphatic carboxylic acids is 1. The molecule has 0 aliphatic heterocycles. The van der Waals surface area contributed by atoms with Crippen molar-refractivity contribution in [2.75, 3.05) is 0 Å². The molecule has 1 N–H and O–H groups in total. The van der Waals surface area contributed by atoms with Gasteiger partial charge in [-0.05, 0) is 23.8 Å². The lowest BCUT2D eigenvalue weighted by atomic mass is 10.1. The average Bonchev–Trinajstić information content (AvgIpc) is 2.39. The molecule has 0 fully saturated rings. The van der Waals surface area contributed by atoms with Gasteiger partial charge in [0.05, 0.1) is 10.8 Å². The van der Waals surface area contributed by atoms with Crippen LogP contribution in [0.25, 0.3) is 0 Å². The minimum absolute atomic E-state index is 0.163. The molecule has 19 heavy (non-hydrogen) atoms. The zero-order valence-corrected chi connectivity index (χ0v) is 10.6. The molecule has 2 aromatic carbocycles. The standard InChI is InChI=1S/C14H11FO3S/c15-11-7-4-8-12(9-11)19(18)13(14(16)17)10-5-2-1-3-6-10/h1-9,13H,(H,16,17). The Kier molecular flexibility index (Phi) is 4.06. The molecule has 0 saturated carbocycles. The molecule has 0 saturated heterocycles. The Bertz CT molecular complexity index is 613. The second-order valence-corrected chi connectivity index (χ2v) is 5.42. The largest absolute Gasteiger partial charge is 0.480 e. The number of halogens is 1. The van der Waals surface area contributed by atoms with Gasteiger partial charge in [-0.3, -0.25) is 9.00 Å². The van der Waals surface area contributed by atoms with E-state index in [2.05, 4.69) is 0 Å². The summed E-state index contributed by atoms with van der Waals surface area (Å²) in [6, 6.07) is 13.5. The fraction of sp³-hybridized carbons (Fsp3) is 0.0714. The van der Waals surface area contributed by atoms with E-state index < -0.39 is 27.8 Å². The Morgan fingerprint density at radius 2 is 1.79 bits per heavy atom. The van der Waals surface area contributed by atoms with E-state index >= 15 is 0 Å². The fourth-order valence-electron chi connectivity index (χ4n) is 1.71. The molecule has 0 heterocycles. The van der Waals surface area contributed by atoms with Gasteiger partial charge in [-0.1, -0.05) is 36.4 Å². The van der Waals surface area contributed by atoms with Crippen molar-refractivity contribution >= 4 is 16.8 Å². The lowest BCUT2D eigenvalue weighted by Gasteiger charge is -2.12. The summed E-state index contributed by atoms with van der Waals surface area (Å²) in [6.45, 7) is 0. The molecule has 0 spiro atoms. The number of carboxylic acid groups (broad SMARTS) is 1. The van der Waals surface area contributed by atoms with Crippen LogP contribution in [0.1, 0.15) is 10.8 Å². The molecule has 98 valence electrons. The third-order valence-corrected chi connectivity index (χ3v) is 4.19. The van der Waals surface area contributed by atoms with Crippen molar-refractivity contribution in [3.05, 3.63) is 66.0 Å². The summed E-state index contributed by atoms with van der Waals surface area (Å²) in [6.07, 6.45) is 0. The average molecular weight is 278 g/mol. The predicted molar refractivity (Wildman–Crippen MR) is 69.6 cm³/mol. The van der Waals surface area contributed by atoms with Gasteiger partial charge < -0.3 is 5.11 Å². The molecule has 2 atom stereocenters. The quantitative estimate of drug-likeness (QED) is 0.935. The Balaban J connectivity index is 2.41. The zero-order valence-electron chi connectivity index (χ0n) is 9.82. The Morgan fingerprint density at radius 3 is 2.37 bits per heavy atom. The monoisotopic (exact) mass is 278 g/mol. The van der Waals surface area contributed by atoms with Gasteiger partial charge in [0, 0.05) is 4.90 Å². The number of carbonyl (C=O) groups is 1. The van der Waals surface area contributed by atoms with Gasteiger partial charge in [0.15, 0.2) is 5.25 Å². The van der Waals surface area contributed by atoms with Crippen LogP contribution >= 0.6 is 0 Å². The van der Waals surface area contributed by atoms with Crippen molar-refractivity contribution in [1.29, 1.82) is 0 Å². The molecule has 0 aliphatic rings. The molecule has 5 heteroatoms. The van der Waals surface area contributed by atoms with Crippen LogP contribution in [0.4, 0.5) is 4.39 Å². The van der Waals surface area contributed by atoms with Crippen LogP contribution in [0.15, 0.2) is 59.5 Å². The van der Waals surface area contributed by atoms with E-state index in [-0.39, 0.29) is 4.90 Å². The van der Waals surface area contributed by atoms with E-state index in [1.807, 2.05) is 0 Å². The summed E-state index contributed by atoms with van der Waals surface area (Å²) in [4.78, 5) is 11.5. The minimum atomic E-state index is -1.85. The first-order valence-corrected chi connectivity index (χ1v) is 6.75. The van der Waals surface area contributed by atoms with E-state index in [1.54, 1.807) is 30.3 Å². The van der Waals surface area contributed by atoms with Gasteiger partial charge in [0.25, 0.3) is 0 Å². The van der Waals surface area contributed by atoms with E-state index in [1.165, 1.54) is 18.2 Å². The third-order valence-electron chi connectivity index (χ3n) is 2.57. The van der Waals surface area contributed by atoms with Crippen LogP contribution in [0.3, 0.4) is 0 Å². The first-order chi connectivity index (χ1) is 9.09. The molecular formula is C14H11FO3S. The first-order valence-electron chi connectivity index (χ1n) is 5.53. The maximum atomic E-state index is 13.1. The van der Waals surface area contributed by atoms with Gasteiger partial charge in [0.1, 0.15) is 5.82 Å². The van der Waals surface area contributed by atoms with Gasteiger partial charge in [-0.2, -0.15) is 0 Å². The number of carboxylic acids is 1. The second kappa shape index (κ2) is 5.75. The Hall–Kier alpha value is -2.01. The van der Waals surface area contributed by atoms with Crippen LogP contribution in [-0.2, 0) is 15.6 Å². The highest BCUT2D eigenvalue weighted by Gasteiger charge is 2.27. The van der Waals surface area contributed by atoms with Crippen molar-refractivity contribution in [3.63, 3.8) is 0 Å². The lowest BCUT2D eigenvalue weighted by Crippen LogP contribution is -2.17. The SMILES string of the molecule is O=C(O)C(c1ccccc1)S(=O)c1cccc(F)c1. The lowest BCUT2D eigenvalue weighted by molar-refractivity contribution is -0.136. The molecule has 2 rings (SSSR count). The molecule has 0 radical (unpaired) electrons. The first kappa shape index (κ1) is 13.4. The molecule has 0 aliphatic carbocycles. The number of benzene rings is 2. The third kappa shape index (κ3) is 3.06. The van der Waals surface area contributed by atoms with Gasteiger partial charge in [-0.25, -0.2) is 4.39 Å². The summed E-state index contributed by atoms with van der Waals surface area (Å²) in [5.41, 5.74) is 0.428. The van der Waals surface area contributed by atoms with E-state index in [0.29, 0.717) is 5.56 Å². The molecule has 0 amide bonds. The van der Waals surface area contributed by atoms with Crippen LogP contribution in [-0.4, -0.2) is 15.3 Å². The second-order valence-electron chi connectivity index (χ2n) is 3.88. The highest BCUT2D eigenvalue weighted by molar-refractivity contribution is 7.86. The predicted octanol–water partition coefficient (Wildman–Crippen LogP) is 2.76. The molecule has 3 nitrogen and oxygen atoms in total. The van der Waals surface area contributed by atoms with E-state index in [9.17, 15) is 18.5 Å². The van der Waals surface area contributed by atoms with E-state index in [0.717, 1.165) is 6.07 Å². The number of rotatable bonds is 4. The van der Waals surface area contributed by atoms with Gasteiger partial charge in [0.2, 0.25) is 0 Å². The summed E-state index contributed by atoms with van der Waals surface area (Å²) in [5.74, 6) is -1.74.